The Balaban J connectivity index is 1.96. The third-order valence-electron chi connectivity index (χ3n) is 4.03. The smallest absolute Gasteiger partial charge is 0.243 e. The van der Waals surface area contributed by atoms with E-state index in [1.54, 1.807) is 0 Å². The number of hydrogen-bond acceptors (Lipinski definition) is 1. The summed E-state index contributed by atoms with van der Waals surface area (Å²) in [5, 5.41) is 3.05. The molecule has 0 aliphatic heterocycles. The van der Waals surface area contributed by atoms with Crippen LogP contribution in [0.25, 0.3) is 0 Å². The largest absolute Gasteiger partial charge is 0.346 e. The molecule has 0 saturated heterocycles. The van der Waals surface area contributed by atoms with Gasteiger partial charge in [0.2, 0.25) is 5.91 Å². The lowest BCUT2D eigenvalue weighted by atomic mass is 9.84. The van der Waals surface area contributed by atoms with Crippen molar-refractivity contribution >= 4 is 5.91 Å². The van der Waals surface area contributed by atoms with Crippen molar-refractivity contribution in [2.45, 2.75) is 37.6 Å². The van der Waals surface area contributed by atoms with Crippen molar-refractivity contribution in [2.24, 2.45) is 0 Å². The van der Waals surface area contributed by atoms with Crippen LogP contribution in [-0.2, 0) is 11.2 Å². The second kappa shape index (κ2) is 4.02. The molecule has 1 amide bonds. The van der Waals surface area contributed by atoms with Gasteiger partial charge in [-0.15, -0.1) is 0 Å². The third-order valence-corrected chi connectivity index (χ3v) is 4.03. The normalized spacial score (nSPS) is 25.2. The Morgan fingerprint density at radius 3 is 3.18 bits per heavy atom. The number of hydrogen-bond donors (Lipinski definition) is 1. The molecule has 1 N–H and O–H groups in total. The topological polar surface area (TPSA) is 29.1 Å². The molecule has 2 nitrogen and oxygen atoms in total. The van der Waals surface area contributed by atoms with E-state index >= 15 is 0 Å². The Labute approximate surface area is 102 Å². The Kier molecular flexibility index (Phi) is 2.50. The van der Waals surface area contributed by atoms with Crippen molar-refractivity contribution in [3.8, 4) is 0 Å². The first-order valence-electron chi connectivity index (χ1n) is 6.34. The molecule has 2 atom stereocenters. The summed E-state index contributed by atoms with van der Waals surface area (Å²) in [4.78, 5) is 11.4. The summed E-state index contributed by atoms with van der Waals surface area (Å²) in [5.41, 5.74) is 4.35. The van der Waals surface area contributed by atoms with Gasteiger partial charge >= 0.3 is 0 Å². The summed E-state index contributed by atoms with van der Waals surface area (Å²) >= 11 is 0. The SMILES string of the molecule is C=CC(=O)NC1CC2CCCc3cccc1c32. The maximum absolute atomic E-state index is 11.4. The average molecular weight is 227 g/mol. The molecule has 0 radical (unpaired) electrons. The van der Waals surface area contributed by atoms with E-state index in [0.717, 1.165) is 6.42 Å². The van der Waals surface area contributed by atoms with Crippen LogP contribution in [0.2, 0.25) is 0 Å². The molecule has 1 aromatic rings. The highest BCUT2D eigenvalue weighted by molar-refractivity contribution is 5.87. The zero-order chi connectivity index (χ0) is 11.8. The van der Waals surface area contributed by atoms with Gasteiger partial charge in [-0.3, -0.25) is 4.79 Å². The van der Waals surface area contributed by atoms with E-state index in [4.69, 9.17) is 0 Å². The zero-order valence-corrected chi connectivity index (χ0v) is 9.91. The number of carbonyl (C=O) groups excluding carboxylic acids is 1. The maximum atomic E-state index is 11.4. The lowest BCUT2D eigenvalue weighted by Gasteiger charge is -2.20. The predicted octanol–water partition coefficient (Wildman–Crippen LogP) is 2.85. The van der Waals surface area contributed by atoms with Gasteiger partial charge in [0.05, 0.1) is 6.04 Å². The van der Waals surface area contributed by atoms with E-state index in [2.05, 4.69) is 30.1 Å². The molecule has 3 rings (SSSR count). The summed E-state index contributed by atoms with van der Waals surface area (Å²) in [6.07, 6.45) is 6.16. The van der Waals surface area contributed by atoms with Crippen LogP contribution >= 0.6 is 0 Å². The highest BCUT2D eigenvalue weighted by atomic mass is 16.1. The molecular weight excluding hydrogens is 210 g/mol. The molecule has 2 unspecified atom stereocenters. The van der Waals surface area contributed by atoms with Crippen LogP contribution in [0.15, 0.2) is 30.9 Å². The van der Waals surface area contributed by atoms with Gasteiger partial charge in [0.25, 0.3) is 0 Å². The minimum Gasteiger partial charge on any atom is -0.346 e. The van der Waals surface area contributed by atoms with Crippen molar-refractivity contribution in [1.29, 1.82) is 0 Å². The minimum absolute atomic E-state index is 0.0637. The molecule has 0 spiro atoms. The first kappa shape index (κ1) is 10.6. The fraction of sp³-hybridized carbons (Fsp3) is 0.400. The summed E-state index contributed by atoms with van der Waals surface area (Å²) in [5.74, 6) is 0.594. The van der Waals surface area contributed by atoms with Crippen LogP contribution in [0, 0.1) is 0 Å². The maximum Gasteiger partial charge on any atom is 0.243 e. The van der Waals surface area contributed by atoms with E-state index in [9.17, 15) is 4.79 Å². The van der Waals surface area contributed by atoms with Crippen LogP contribution < -0.4 is 5.32 Å². The van der Waals surface area contributed by atoms with Gasteiger partial charge in [-0.25, -0.2) is 0 Å². The predicted molar refractivity (Wildman–Crippen MR) is 67.8 cm³/mol. The van der Waals surface area contributed by atoms with Gasteiger partial charge < -0.3 is 5.32 Å². The molecule has 0 saturated carbocycles. The van der Waals surface area contributed by atoms with Crippen LogP contribution in [-0.4, -0.2) is 5.91 Å². The number of aryl methyl sites for hydroxylation is 1. The minimum atomic E-state index is -0.0637. The standard InChI is InChI=1S/C15H17NO/c1-2-14(17)16-13-9-11-7-3-5-10-6-4-8-12(13)15(10)11/h2,4,6,8,11,13H,1,3,5,7,9H2,(H,16,17). The quantitative estimate of drug-likeness (QED) is 0.773. The number of benzene rings is 1. The zero-order valence-electron chi connectivity index (χ0n) is 9.91. The Morgan fingerprint density at radius 2 is 2.35 bits per heavy atom. The summed E-state index contributed by atoms with van der Waals surface area (Å²) in [6.45, 7) is 3.52. The Morgan fingerprint density at radius 1 is 1.47 bits per heavy atom. The average Bonchev–Trinajstić information content (AvgIpc) is 2.70. The lowest BCUT2D eigenvalue weighted by molar-refractivity contribution is -0.117. The van der Waals surface area contributed by atoms with Crippen molar-refractivity contribution in [2.75, 3.05) is 0 Å². The van der Waals surface area contributed by atoms with E-state index in [1.165, 1.54) is 42.0 Å². The van der Waals surface area contributed by atoms with E-state index in [1.807, 2.05) is 0 Å². The molecule has 1 aromatic carbocycles. The van der Waals surface area contributed by atoms with Crippen LogP contribution in [0.5, 0.6) is 0 Å². The highest BCUT2D eigenvalue weighted by Gasteiger charge is 2.34. The van der Waals surface area contributed by atoms with Crippen molar-refractivity contribution in [1.82, 2.24) is 5.32 Å². The second-order valence-electron chi connectivity index (χ2n) is 5.01. The Bertz CT molecular complexity index is 478. The number of nitrogens with one attached hydrogen (secondary N) is 1. The summed E-state index contributed by atoms with van der Waals surface area (Å²) in [7, 11) is 0. The van der Waals surface area contributed by atoms with Crippen molar-refractivity contribution < 1.29 is 4.79 Å². The molecule has 0 aromatic heterocycles. The van der Waals surface area contributed by atoms with Gasteiger partial charge in [0, 0.05) is 0 Å². The van der Waals surface area contributed by atoms with Crippen LogP contribution in [0.4, 0.5) is 0 Å². The van der Waals surface area contributed by atoms with Gasteiger partial charge in [0.1, 0.15) is 0 Å². The Hall–Kier alpha value is -1.57. The van der Waals surface area contributed by atoms with Gasteiger partial charge in [-0.1, -0.05) is 24.8 Å². The fourth-order valence-corrected chi connectivity index (χ4v) is 3.35. The van der Waals surface area contributed by atoms with Crippen molar-refractivity contribution in [3.05, 3.63) is 47.5 Å². The number of carbonyl (C=O) groups is 1. The third kappa shape index (κ3) is 1.68. The molecule has 0 fully saturated rings. The number of amides is 1. The van der Waals surface area contributed by atoms with Gasteiger partial charge in [-0.2, -0.15) is 0 Å². The monoisotopic (exact) mass is 227 g/mol. The first-order chi connectivity index (χ1) is 8.29. The molecule has 2 heteroatoms. The van der Waals surface area contributed by atoms with E-state index < -0.39 is 0 Å². The summed E-state index contributed by atoms with van der Waals surface area (Å²) < 4.78 is 0. The summed E-state index contributed by atoms with van der Waals surface area (Å²) in [6, 6.07) is 6.72. The molecule has 88 valence electrons. The molecule has 2 aliphatic rings. The molecule has 0 bridgehead atoms. The lowest BCUT2D eigenvalue weighted by Crippen LogP contribution is -2.25. The van der Waals surface area contributed by atoms with E-state index in [0.29, 0.717) is 5.92 Å². The molecule has 2 aliphatic carbocycles. The second-order valence-corrected chi connectivity index (χ2v) is 5.01. The molecule has 0 heterocycles. The van der Waals surface area contributed by atoms with Crippen LogP contribution in [0.3, 0.4) is 0 Å². The molecular formula is C15H17NO. The van der Waals surface area contributed by atoms with Gasteiger partial charge in [-0.05, 0) is 54.4 Å². The fourth-order valence-electron chi connectivity index (χ4n) is 3.35. The van der Waals surface area contributed by atoms with Crippen molar-refractivity contribution in [3.63, 3.8) is 0 Å². The first-order valence-corrected chi connectivity index (χ1v) is 6.34. The van der Waals surface area contributed by atoms with Gasteiger partial charge in [0.15, 0.2) is 0 Å². The molecule has 17 heavy (non-hydrogen) atoms. The van der Waals surface area contributed by atoms with E-state index in [-0.39, 0.29) is 11.9 Å². The highest BCUT2D eigenvalue weighted by Crippen LogP contribution is 2.47. The number of rotatable bonds is 2. The van der Waals surface area contributed by atoms with Crippen LogP contribution in [0.1, 0.15) is 47.9 Å².